The lowest BCUT2D eigenvalue weighted by Gasteiger charge is -2.34. The first-order valence-corrected chi connectivity index (χ1v) is 14.4. The van der Waals surface area contributed by atoms with E-state index in [0.29, 0.717) is 31.9 Å². The number of nitrogens with zero attached hydrogens (tertiary/aromatic N) is 5. The fourth-order valence-corrected chi connectivity index (χ4v) is 5.84. The summed E-state index contributed by atoms with van der Waals surface area (Å²) in [5.41, 5.74) is 0.796. The van der Waals surface area contributed by atoms with Gasteiger partial charge in [-0.25, -0.2) is 16.8 Å². The summed E-state index contributed by atoms with van der Waals surface area (Å²) in [6.07, 6.45) is 2.90. The van der Waals surface area contributed by atoms with Crippen molar-refractivity contribution in [2.45, 2.75) is 4.90 Å². The summed E-state index contributed by atoms with van der Waals surface area (Å²) in [6.45, 7) is 1.74. The number of rotatable bonds is 7. The van der Waals surface area contributed by atoms with Gasteiger partial charge >= 0.3 is 0 Å². The van der Waals surface area contributed by atoms with Crippen LogP contribution in [0.4, 0.5) is 17.2 Å². The number of aromatic nitrogens is 2. The summed E-state index contributed by atoms with van der Waals surface area (Å²) in [4.78, 5) is 15.0. The lowest BCUT2D eigenvalue weighted by Crippen LogP contribution is -2.48. The van der Waals surface area contributed by atoms with Gasteiger partial charge in [-0.15, -0.1) is 0 Å². The Morgan fingerprint density at radius 3 is 2.17 bits per heavy atom. The summed E-state index contributed by atoms with van der Waals surface area (Å²) in [6, 6.07) is 14.2. The van der Waals surface area contributed by atoms with Gasteiger partial charge in [0.1, 0.15) is 0 Å². The first-order chi connectivity index (χ1) is 17.0. The molecule has 0 aliphatic carbocycles. The van der Waals surface area contributed by atoms with Gasteiger partial charge in [0.25, 0.3) is 5.91 Å². The van der Waals surface area contributed by atoms with Crippen molar-refractivity contribution >= 4 is 43.1 Å². The van der Waals surface area contributed by atoms with Crippen molar-refractivity contribution in [1.29, 1.82) is 0 Å². The Hall–Kier alpha value is -3.42. The molecule has 1 amide bonds. The second-order valence-corrected chi connectivity index (χ2v) is 12.4. The number of para-hydroxylation sites is 1. The van der Waals surface area contributed by atoms with Gasteiger partial charge in [0, 0.05) is 58.2 Å². The normalized spacial score (nSPS) is 15.0. The lowest BCUT2D eigenvalue weighted by molar-refractivity contribution is 0.102. The molecule has 2 aromatic carbocycles. The van der Waals surface area contributed by atoms with E-state index in [0.717, 1.165) is 16.4 Å². The molecular formula is C23H28N6O5S2. The standard InChI is InChI=1S/C23H28N6O5S2/c1-26-13-12-22(25-26)28-14-16-29(17-15-28)36(33,34)19-10-8-18(9-11-19)24-23(30)20-6-4-5-7-21(20)27(2)35(3,31)32/h4-13H,14-17H2,1-3H3,(H,24,30). The quantitative estimate of drug-likeness (QED) is 0.490. The summed E-state index contributed by atoms with van der Waals surface area (Å²) in [5, 5.41) is 7.07. The molecule has 0 unspecified atom stereocenters. The second kappa shape index (κ2) is 9.91. The predicted molar refractivity (Wildman–Crippen MR) is 138 cm³/mol. The highest BCUT2D eigenvalue weighted by atomic mass is 32.2. The molecule has 1 fully saturated rings. The molecule has 3 aromatic rings. The van der Waals surface area contributed by atoms with Crippen LogP contribution in [0.3, 0.4) is 0 Å². The third kappa shape index (κ3) is 5.37. The van der Waals surface area contributed by atoms with E-state index in [4.69, 9.17) is 0 Å². The second-order valence-electron chi connectivity index (χ2n) is 8.46. The number of carbonyl (C=O) groups is 1. The Morgan fingerprint density at radius 2 is 1.58 bits per heavy atom. The van der Waals surface area contributed by atoms with Gasteiger partial charge in [0.2, 0.25) is 20.0 Å². The number of nitrogens with one attached hydrogen (secondary N) is 1. The van der Waals surface area contributed by atoms with Crippen molar-refractivity contribution in [1.82, 2.24) is 14.1 Å². The third-order valence-corrected chi connectivity index (χ3v) is 9.10. The Kier molecular flexibility index (Phi) is 7.07. The van der Waals surface area contributed by atoms with E-state index in [-0.39, 0.29) is 16.1 Å². The van der Waals surface area contributed by atoms with Gasteiger partial charge in [-0.1, -0.05) is 12.1 Å². The molecule has 0 bridgehead atoms. The van der Waals surface area contributed by atoms with Crippen LogP contribution in [0.15, 0.2) is 65.7 Å². The average Bonchev–Trinajstić information content (AvgIpc) is 3.29. The topological polar surface area (TPSA) is 125 Å². The lowest BCUT2D eigenvalue weighted by atomic mass is 10.1. The Morgan fingerprint density at radius 1 is 0.944 bits per heavy atom. The number of hydrogen-bond acceptors (Lipinski definition) is 7. The van der Waals surface area contributed by atoms with Gasteiger partial charge in [0.05, 0.1) is 22.4 Å². The SMILES string of the molecule is CN(c1ccccc1C(=O)Nc1ccc(S(=O)(=O)N2CCN(c3ccn(C)n3)CC2)cc1)S(C)(=O)=O. The van der Waals surface area contributed by atoms with Gasteiger partial charge < -0.3 is 10.2 Å². The molecule has 1 N–H and O–H groups in total. The maximum absolute atomic E-state index is 13.1. The molecule has 1 aliphatic heterocycles. The zero-order valence-corrected chi connectivity index (χ0v) is 21.8. The van der Waals surface area contributed by atoms with E-state index < -0.39 is 26.0 Å². The minimum Gasteiger partial charge on any atom is -0.353 e. The summed E-state index contributed by atoms with van der Waals surface area (Å²) < 4.78 is 54.4. The van der Waals surface area contributed by atoms with E-state index in [9.17, 15) is 21.6 Å². The van der Waals surface area contributed by atoms with Crippen LogP contribution in [0.1, 0.15) is 10.4 Å². The minimum absolute atomic E-state index is 0.129. The van der Waals surface area contributed by atoms with E-state index in [2.05, 4.69) is 10.4 Å². The molecule has 0 radical (unpaired) electrons. The molecular weight excluding hydrogens is 504 g/mol. The number of sulfonamides is 2. The molecule has 1 saturated heterocycles. The number of piperazine rings is 1. The molecule has 2 heterocycles. The number of amides is 1. The molecule has 11 nitrogen and oxygen atoms in total. The van der Waals surface area contributed by atoms with Gasteiger partial charge in [-0.05, 0) is 36.4 Å². The summed E-state index contributed by atoms with van der Waals surface area (Å²) in [7, 11) is -4.05. The fraction of sp³-hybridized carbons (Fsp3) is 0.304. The average molecular weight is 533 g/mol. The fourth-order valence-electron chi connectivity index (χ4n) is 3.91. The van der Waals surface area contributed by atoms with Crippen molar-refractivity contribution in [2.75, 3.05) is 54.0 Å². The van der Waals surface area contributed by atoms with Crippen molar-refractivity contribution in [3.05, 3.63) is 66.4 Å². The van der Waals surface area contributed by atoms with E-state index in [1.807, 2.05) is 24.2 Å². The molecule has 36 heavy (non-hydrogen) atoms. The first kappa shape index (κ1) is 25.7. The maximum Gasteiger partial charge on any atom is 0.257 e. The van der Waals surface area contributed by atoms with Crippen molar-refractivity contribution in [2.24, 2.45) is 7.05 Å². The van der Waals surface area contributed by atoms with E-state index in [1.165, 1.54) is 41.7 Å². The van der Waals surface area contributed by atoms with Crippen molar-refractivity contribution < 1.29 is 21.6 Å². The van der Waals surface area contributed by atoms with Crippen molar-refractivity contribution in [3.8, 4) is 0 Å². The number of anilines is 3. The Labute approximate surface area is 211 Å². The highest BCUT2D eigenvalue weighted by Crippen LogP contribution is 2.24. The zero-order valence-electron chi connectivity index (χ0n) is 20.2. The smallest absolute Gasteiger partial charge is 0.257 e. The molecule has 0 atom stereocenters. The van der Waals surface area contributed by atoms with E-state index >= 15 is 0 Å². The maximum atomic E-state index is 13.1. The first-order valence-electron chi connectivity index (χ1n) is 11.2. The molecule has 0 saturated carbocycles. The van der Waals surface area contributed by atoms with Crippen LogP contribution in [-0.2, 0) is 27.1 Å². The van der Waals surface area contributed by atoms with Crippen LogP contribution in [0, 0.1) is 0 Å². The number of hydrogen-bond donors (Lipinski definition) is 1. The van der Waals surface area contributed by atoms with Gasteiger partial charge in [0.15, 0.2) is 5.82 Å². The molecule has 4 rings (SSSR count). The van der Waals surface area contributed by atoms with Crippen molar-refractivity contribution in [3.63, 3.8) is 0 Å². The number of carbonyl (C=O) groups excluding carboxylic acids is 1. The Bertz CT molecular complexity index is 1460. The van der Waals surface area contributed by atoms with Gasteiger partial charge in [-0.3, -0.25) is 13.8 Å². The number of benzene rings is 2. The van der Waals surface area contributed by atoms with Crippen LogP contribution >= 0.6 is 0 Å². The predicted octanol–water partition coefficient (Wildman–Crippen LogP) is 1.58. The molecule has 192 valence electrons. The summed E-state index contributed by atoms with van der Waals surface area (Å²) >= 11 is 0. The van der Waals surface area contributed by atoms with Gasteiger partial charge in [-0.2, -0.15) is 9.40 Å². The van der Waals surface area contributed by atoms with E-state index in [1.54, 1.807) is 22.9 Å². The molecule has 1 aromatic heterocycles. The molecule has 13 heteroatoms. The highest BCUT2D eigenvalue weighted by Gasteiger charge is 2.29. The molecule has 0 spiro atoms. The summed E-state index contributed by atoms with van der Waals surface area (Å²) in [5.74, 6) is 0.307. The van der Waals surface area contributed by atoms with Crippen LogP contribution < -0.4 is 14.5 Å². The third-order valence-electron chi connectivity index (χ3n) is 6.00. The monoisotopic (exact) mass is 532 g/mol. The van der Waals surface area contributed by atoms with Crippen LogP contribution in [-0.4, -0.2) is 76.3 Å². The molecule has 1 aliphatic rings. The van der Waals surface area contributed by atoms with Crippen LogP contribution in [0.5, 0.6) is 0 Å². The van der Waals surface area contributed by atoms with Crippen LogP contribution in [0.25, 0.3) is 0 Å². The highest BCUT2D eigenvalue weighted by molar-refractivity contribution is 7.92. The largest absolute Gasteiger partial charge is 0.353 e. The number of aryl methyl sites for hydroxylation is 1. The Balaban J connectivity index is 1.44. The minimum atomic E-state index is -3.70. The van der Waals surface area contributed by atoms with Crippen LogP contribution in [0.2, 0.25) is 0 Å². The zero-order chi connectivity index (χ0) is 26.1.